The van der Waals surface area contributed by atoms with Crippen molar-refractivity contribution in [3.05, 3.63) is 0 Å². The van der Waals surface area contributed by atoms with Gasteiger partial charge >= 0.3 is 5.97 Å². The molecule has 2 aliphatic heterocycles. The third-order valence-electron chi connectivity index (χ3n) is 6.95. The number of nitrogens with one attached hydrogen (secondary N) is 2. The van der Waals surface area contributed by atoms with Gasteiger partial charge in [-0.25, -0.2) is 4.79 Å². The number of rotatable bonds is 15. The van der Waals surface area contributed by atoms with E-state index < -0.39 is 42.0 Å². The molecule has 0 radical (unpaired) electrons. The van der Waals surface area contributed by atoms with Gasteiger partial charge in [-0.05, 0) is 64.3 Å². The minimum absolute atomic E-state index is 0.0884. The summed E-state index contributed by atoms with van der Waals surface area (Å²) in [6, 6.07) is -3.67. The van der Waals surface area contributed by atoms with Crippen LogP contribution >= 0.6 is 11.6 Å². The number of guanidine groups is 1. The van der Waals surface area contributed by atoms with Crippen molar-refractivity contribution in [3.8, 4) is 0 Å². The molecule has 220 valence electrons. The average Bonchev–Trinajstić information content (AvgIpc) is 3.59. The molecule has 15 heteroatoms. The minimum atomic E-state index is -1.22. The van der Waals surface area contributed by atoms with Crippen molar-refractivity contribution in [2.24, 2.45) is 22.2 Å². The van der Waals surface area contributed by atoms with Gasteiger partial charge in [0.15, 0.2) is 5.96 Å². The molecule has 2 aliphatic rings. The van der Waals surface area contributed by atoms with Gasteiger partial charge < -0.3 is 42.7 Å². The maximum absolute atomic E-state index is 13.3. The number of aliphatic carboxylic acids is 1. The molecule has 4 atom stereocenters. The van der Waals surface area contributed by atoms with Crippen molar-refractivity contribution in [2.75, 3.05) is 32.1 Å². The molecule has 2 unspecified atom stereocenters. The molecule has 0 saturated carbocycles. The van der Waals surface area contributed by atoms with Crippen LogP contribution in [0.3, 0.4) is 0 Å². The van der Waals surface area contributed by atoms with Crippen LogP contribution in [-0.4, -0.2) is 107 Å². The number of carbonyl (C=O) groups excluding carboxylic acids is 4. The van der Waals surface area contributed by atoms with Gasteiger partial charge in [-0.2, -0.15) is 0 Å². The number of unbranched alkanes of at least 4 members (excludes halogenated alkanes) is 1. The maximum atomic E-state index is 13.3. The van der Waals surface area contributed by atoms with Crippen molar-refractivity contribution >= 4 is 47.2 Å². The summed E-state index contributed by atoms with van der Waals surface area (Å²) in [5.41, 5.74) is 16.1. The van der Waals surface area contributed by atoms with Crippen molar-refractivity contribution < 1.29 is 29.1 Å². The van der Waals surface area contributed by atoms with Gasteiger partial charge in [0.1, 0.15) is 30.0 Å². The van der Waals surface area contributed by atoms with Gasteiger partial charge in [-0.15, -0.1) is 11.6 Å². The number of amides is 4. The predicted molar refractivity (Wildman–Crippen MR) is 145 cm³/mol. The van der Waals surface area contributed by atoms with E-state index in [1.807, 2.05) is 0 Å². The van der Waals surface area contributed by atoms with Gasteiger partial charge in [0.25, 0.3) is 0 Å². The van der Waals surface area contributed by atoms with Gasteiger partial charge in [0.2, 0.25) is 23.6 Å². The highest BCUT2D eigenvalue weighted by molar-refractivity contribution is 6.27. The van der Waals surface area contributed by atoms with Crippen molar-refractivity contribution in [1.29, 1.82) is 0 Å². The van der Waals surface area contributed by atoms with Gasteiger partial charge in [0, 0.05) is 19.6 Å². The number of hydrogen-bond donors (Lipinski definition) is 6. The fourth-order valence-corrected chi connectivity index (χ4v) is 5.11. The molecular weight excluding hydrogens is 532 g/mol. The van der Waals surface area contributed by atoms with E-state index in [0.29, 0.717) is 64.6 Å². The SMILES string of the molecule is NCCCCC(NC(=O)[C@@H]1CCCN1C(=O)[C@@H]1CCCN1C(=O)CCl)C(=O)NC(CCCN=C(N)N)C(=O)O. The molecule has 2 fully saturated rings. The smallest absolute Gasteiger partial charge is 0.326 e. The lowest BCUT2D eigenvalue weighted by Gasteiger charge is -2.31. The second kappa shape index (κ2) is 16.1. The van der Waals surface area contributed by atoms with E-state index in [0.717, 1.165) is 0 Å². The molecule has 0 bridgehead atoms. The number of carboxylic acid groups (broad SMARTS) is 1. The van der Waals surface area contributed by atoms with E-state index in [-0.39, 0.29) is 43.0 Å². The number of carboxylic acids is 1. The molecular formula is C24H41ClN8O6. The maximum Gasteiger partial charge on any atom is 0.326 e. The van der Waals surface area contributed by atoms with Gasteiger partial charge in [-0.3, -0.25) is 24.2 Å². The van der Waals surface area contributed by atoms with E-state index >= 15 is 0 Å². The van der Waals surface area contributed by atoms with Crippen LogP contribution in [0, 0.1) is 0 Å². The number of carbonyl (C=O) groups is 5. The first-order valence-electron chi connectivity index (χ1n) is 13.4. The van der Waals surface area contributed by atoms with Crippen LogP contribution in [0.4, 0.5) is 0 Å². The van der Waals surface area contributed by atoms with Crippen molar-refractivity contribution in [2.45, 2.75) is 82.0 Å². The molecule has 0 aliphatic carbocycles. The van der Waals surface area contributed by atoms with E-state index in [1.54, 1.807) is 0 Å². The first-order chi connectivity index (χ1) is 18.6. The van der Waals surface area contributed by atoms with E-state index in [4.69, 9.17) is 28.8 Å². The minimum Gasteiger partial charge on any atom is -0.480 e. The van der Waals surface area contributed by atoms with Crippen molar-refractivity contribution in [1.82, 2.24) is 20.4 Å². The fourth-order valence-electron chi connectivity index (χ4n) is 4.96. The number of nitrogens with two attached hydrogens (primary N) is 3. The van der Waals surface area contributed by atoms with Crippen LogP contribution in [0.2, 0.25) is 0 Å². The summed E-state index contributed by atoms with van der Waals surface area (Å²) in [7, 11) is 0. The van der Waals surface area contributed by atoms with Crippen LogP contribution in [0.1, 0.15) is 57.8 Å². The lowest BCUT2D eigenvalue weighted by molar-refractivity contribution is -0.146. The Morgan fingerprint density at radius 3 is 2.18 bits per heavy atom. The molecule has 2 rings (SSSR count). The Hall–Kier alpha value is -3.13. The third kappa shape index (κ3) is 9.53. The zero-order chi connectivity index (χ0) is 28.9. The zero-order valence-electron chi connectivity index (χ0n) is 22.1. The monoisotopic (exact) mass is 572 g/mol. The molecule has 14 nitrogen and oxygen atoms in total. The molecule has 0 spiro atoms. The lowest BCUT2D eigenvalue weighted by Crippen LogP contribution is -2.57. The van der Waals surface area contributed by atoms with E-state index in [1.165, 1.54) is 9.80 Å². The fraction of sp³-hybridized carbons (Fsp3) is 0.750. The number of alkyl halides is 1. The Labute approximate surface area is 233 Å². The highest BCUT2D eigenvalue weighted by Gasteiger charge is 2.42. The molecule has 2 saturated heterocycles. The van der Waals surface area contributed by atoms with Crippen molar-refractivity contribution in [3.63, 3.8) is 0 Å². The van der Waals surface area contributed by atoms with E-state index in [2.05, 4.69) is 15.6 Å². The quantitative estimate of drug-likeness (QED) is 0.0576. The third-order valence-corrected chi connectivity index (χ3v) is 7.18. The van der Waals surface area contributed by atoms with Gasteiger partial charge in [-0.1, -0.05) is 0 Å². The summed E-state index contributed by atoms with van der Waals surface area (Å²) in [4.78, 5) is 70.4. The van der Waals surface area contributed by atoms with Crippen LogP contribution in [-0.2, 0) is 24.0 Å². The van der Waals surface area contributed by atoms with Crippen LogP contribution in [0.5, 0.6) is 0 Å². The van der Waals surface area contributed by atoms with Crippen LogP contribution in [0.25, 0.3) is 0 Å². The number of aliphatic imine (C=N–C) groups is 1. The number of nitrogens with zero attached hydrogens (tertiary/aromatic N) is 3. The largest absolute Gasteiger partial charge is 0.480 e. The van der Waals surface area contributed by atoms with E-state index in [9.17, 15) is 29.1 Å². The summed E-state index contributed by atoms with van der Waals surface area (Å²) < 4.78 is 0. The Kier molecular flexibility index (Phi) is 13.2. The lowest BCUT2D eigenvalue weighted by atomic mass is 10.1. The second-order valence-corrected chi connectivity index (χ2v) is 10.0. The number of hydrogen-bond acceptors (Lipinski definition) is 7. The molecule has 0 aromatic carbocycles. The first kappa shape index (κ1) is 32.1. The summed E-state index contributed by atoms with van der Waals surface area (Å²) in [5.74, 6) is -3.32. The highest BCUT2D eigenvalue weighted by atomic mass is 35.5. The first-order valence-corrected chi connectivity index (χ1v) is 13.9. The summed E-state index contributed by atoms with van der Waals surface area (Å²) in [6.07, 6.45) is 3.97. The normalized spacial score (nSPS) is 20.3. The number of halogens is 1. The molecule has 9 N–H and O–H groups in total. The zero-order valence-corrected chi connectivity index (χ0v) is 22.9. The summed E-state index contributed by atoms with van der Waals surface area (Å²) in [6.45, 7) is 1.40. The topological polar surface area (TPSA) is 227 Å². The average molecular weight is 573 g/mol. The number of likely N-dealkylation sites (tertiary alicyclic amines) is 2. The Balaban J connectivity index is 2.08. The van der Waals surface area contributed by atoms with Crippen LogP contribution in [0.15, 0.2) is 4.99 Å². The van der Waals surface area contributed by atoms with Crippen LogP contribution < -0.4 is 27.8 Å². The molecule has 4 amide bonds. The molecule has 39 heavy (non-hydrogen) atoms. The summed E-state index contributed by atoms with van der Waals surface area (Å²) in [5, 5.41) is 14.8. The molecule has 0 aromatic rings. The predicted octanol–water partition coefficient (Wildman–Crippen LogP) is -1.56. The Bertz CT molecular complexity index is 915. The summed E-state index contributed by atoms with van der Waals surface area (Å²) >= 11 is 5.70. The Morgan fingerprint density at radius 2 is 1.56 bits per heavy atom. The van der Waals surface area contributed by atoms with Gasteiger partial charge in [0.05, 0.1) is 0 Å². The molecule has 0 aromatic heterocycles. The molecule has 2 heterocycles. The Morgan fingerprint density at radius 1 is 0.923 bits per heavy atom. The highest BCUT2D eigenvalue weighted by Crippen LogP contribution is 2.25. The standard InChI is InChI=1S/C24H41ClN8O6/c25-14-19(34)32-12-5-9-18(32)22(37)33-13-4-8-17(33)21(36)30-15(6-1-2-10-26)20(35)31-16(23(38)39)7-3-11-29-24(27)28/h15-18H,1-14,26H2,(H,30,36)(H,31,35)(H,38,39)(H4,27,28,29)/t15?,16?,17-,18-/m0/s1. The second-order valence-electron chi connectivity index (χ2n) is 9.76.